The minimum absolute atomic E-state index is 0.133. The van der Waals surface area contributed by atoms with Gasteiger partial charge >= 0.3 is 7.75 Å². The number of anilines is 1. The van der Waals surface area contributed by atoms with Gasteiger partial charge in [0.2, 0.25) is 0 Å². The summed E-state index contributed by atoms with van der Waals surface area (Å²) in [6, 6.07) is 25.2. The van der Waals surface area contributed by atoms with Crippen molar-refractivity contribution in [3.8, 4) is 11.5 Å². The molecule has 0 aliphatic heterocycles. The number of rotatable bonds is 6. The summed E-state index contributed by atoms with van der Waals surface area (Å²) in [5.41, 5.74) is 1.90. The van der Waals surface area contributed by atoms with E-state index in [1.807, 2.05) is 43.3 Å². The molecule has 7 heteroatoms. The molecule has 2 N–H and O–H groups in total. The smallest absolute Gasteiger partial charge is 0.400 e. The summed E-state index contributed by atoms with van der Waals surface area (Å²) in [4.78, 5) is 0. The molecule has 0 unspecified atom stereocenters. The second-order valence-corrected chi connectivity index (χ2v) is 7.73. The van der Waals surface area contributed by atoms with Gasteiger partial charge in [0.25, 0.3) is 0 Å². The number of thiocarbonyl (C=S) groups is 1. The lowest BCUT2D eigenvalue weighted by Crippen LogP contribution is -2.29. The molecule has 0 bridgehead atoms. The van der Waals surface area contributed by atoms with E-state index in [-0.39, 0.29) is 5.11 Å². The minimum atomic E-state index is -3.82. The normalized spacial score (nSPS) is 10.7. The van der Waals surface area contributed by atoms with Crippen LogP contribution in [0.2, 0.25) is 0 Å². The zero-order valence-electron chi connectivity index (χ0n) is 14.7. The van der Waals surface area contributed by atoms with E-state index in [1.54, 1.807) is 48.5 Å². The summed E-state index contributed by atoms with van der Waals surface area (Å²) in [5, 5.41) is 5.80. The van der Waals surface area contributed by atoms with Crippen LogP contribution in [0.25, 0.3) is 0 Å². The molecule has 0 atom stereocenters. The Morgan fingerprint density at radius 1 is 0.815 bits per heavy atom. The summed E-state index contributed by atoms with van der Waals surface area (Å²) in [6.07, 6.45) is 0. The first-order chi connectivity index (χ1) is 13.0. The van der Waals surface area contributed by atoms with Crippen LogP contribution in [-0.4, -0.2) is 5.11 Å². The lowest BCUT2D eigenvalue weighted by molar-refractivity contribution is 0.381. The third kappa shape index (κ3) is 5.84. The quantitative estimate of drug-likeness (QED) is 0.420. The van der Waals surface area contributed by atoms with Crippen molar-refractivity contribution in [3.05, 3.63) is 90.5 Å². The van der Waals surface area contributed by atoms with Gasteiger partial charge in [-0.05, 0) is 55.5 Å². The summed E-state index contributed by atoms with van der Waals surface area (Å²) in [5.74, 6) is 0.810. The predicted octanol–water partition coefficient (Wildman–Crippen LogP) is 5.55. The fourth-order valence-corrected chi connectivity index (χ4v) is 3.91. The highest BCUT2D eigenvalue weighted by Gasteiger charge is 2.30. The van der Waals surface area contributed by atoms with E-state index in [9.17, 15) is 4.57 Å². The number of benzene rings is 3. The molecular formula is C20H19N2O3PS. The van der Waals surface area contributed by atoms with E-state index in [1.165, 1.54) is 0 Å². The fourth-order valence-electron chi connectivity index (χ4n) is 2.22. The Bertz CT molecular complexity index is 889. The molecular weight excluding hydrogens is 379 g/mol. The molecule has 0 radical (unpaired) electrons. The van der Waals surface area contributed by atoms with Crippen molar-refractivity contribution in [3.63, 3.8) is 0 Å². The van der Waals surface area contributed by atoms with Crippen LogP contribution in [0.1, 0.15) is 5.56 Å². The van der Waals surface area contributed by atoms with Crippen LogP contribution in [0.3, 0.4) is 0 Å². The van der Waals surface area contributed by atoms with Gasteiger partial charge < -0.3 is 14.4 Å². The maximum atomic E-state index is 13.3. The van der Waals surface area contributed by atoms with Gasteiger partial charge in [-0.25, -0.2) is 9.65 Å². The third-order valence-electron chi connectivity index (χ3n) is 3.49. The molecule has 0 fully saturated rings. The van der Waals surface area contributed by atoms with Crippen LogP contribution in [0.15, 0.2) is 84.9 Å². The summed E-state index contributed by atoms with van der Waals surface area (Å²) < 4.78 is 24.6. The molecule has 5 nitrogen and oxygen atoms in total. The van der Waals surface area contributed by atoms with Crippen LogP contribution in [0.5, 0.6) is 11.5 Å². The molecule has 3 aromatic carbocycles. The van der Waals surface area contributed by atoms with E-state index in [0.717, 1.165) is 11.3 Å². The Kier molecular flexibility index (Phi) is 6.12. The van der Waals surface area contributed by atoms with Gasteiger partial charge in [0.15, 0.2) is 5.11 Å². The fraction of sp³-hybridized carbons (Fsp3) is 0.0500. The first kappa shape index (κ1) is 19.0. The second-order valence-electron chi connectivity index (χ2n) is 5.74. The molecule has 0 aromatic heterocycles. The van der Waals surface area contributed by atoms with Gasteiger partial charge in [0.1, 0.15) is 11.5 Å². The maximum Gasteiger partial charge on any atom is 0.543 e. The Hall–Kier alpha value is -2.82. The highest BCUT2D eigenvalue weighted by Crippen LogP contribution is 2.44. The van der Waals surface area contributed by atoms with Crippen molar-refractivity contribution in [1.29, 1.82) is 0 Å². The number of hydrogen-bond donors (Lipinski definition) is 2. The van der Waals surface area contributed by atoms with Gasteiger partial charge in [0.05, 0.1) is 0 Å². The second kappa shape index (κ2) is 8.71. The number of hydrogen-bond acceptors (Lipinski definition) is 4. The van der Waals surface area contributed by atoms with Crippen molar-refractivity contribution in [2.75, 3.05) is 5.32 Å². The van der Waals surface area contributed by atoms with Crippen molar-refractivity contribution in [2.45, 2.75) is 6.92 Å². The lowest BCUT2D eigenvalue weighted by atomic mass is 10.2. The monoisotopic (exact) mass is 398 g/mol. The molecule has 0 heterocycles. The Morgan fingerprint density at radius 2 is 1.30 bits per heavy atom. The van der Waals surface area contributed by atoms with E-state index in [0.29, 0.717) is 11.5 Å². The maximum absolute atomic E-state index is 13.3. The van der Waals surface area contributed by atoms with Crippen LogP contribution in [-0.2, 0) is 4.57 Å². The number of aryl methyl sites for hydroxylation is 1. The van der Waals surface area contributed by atoms with Crippen molar-refractivity contribution in [1.82, 2.24) is 5.09 Å². The molecule has 27 heavy (non-hydrogen) atoms. The molecule has 0 aliphatic rings. The summed E-state index contributed by atoms with van der Waals surface area (Å²) in [6.45, 7) is 2.00. The third-order valence-corrected chi connectivity index (χ3v) is 5.24. The Balaban J connectivity index is 1.77. The zero-order chi connectivity index (χ0) is 19.1. The van der Waals surface area contributed by atoms with Crippen LogP contribution in [0.4, 0.5) is 5.69 Å². The Labute approximate surface area is 163 Å². The zero-order valence-corrected chi connectivity index (χ0v) is 16.4. The van der Waals surface area contributed by atoms with Crippen molar-refractivity contribution in [2.24, 2.45) is 0 Å². The molecule has 0 saturated heterocycles. The standard InChI is InChI=1S/C20H19N2O3PS/c1-16-12-14-17(15-13-16)21-20(27)22-26(23,24-18-8-4-2-5-9-18)25-19-10-6-3-7-11-19/h2-15H,1H3,(H2,21,22,23,27). The number of nitrogens with one attached hydrogen (secondary N) is 2. The predicted molar refractivity (Wildman–Crippen MR) is 112 cm³/mol. The van der Waals surface area contributed by atoms with E-state index in [4.69, 9.17) is 21.3 Å². The van der Waals surface area contributed by atoms with E-state index in [2.05, 4.69) is 10.4 Å². The van der Waals surface area contributed by atoms with Gasteiger partial charge in [-0.3, -0.25) is 0 Å². The molecule has 0 amide bonds. The lowest BCUT2D eigenvalue weighted by Gasteiger charge is -2.21. The minimum Gasteiger partial charge on any atom is -0.400 e. The van der Waals surface area contributed by atoms with Crippen LogP contribution in [0, 0.1) is 6.92 Å². The topological polar surface area (TPSA) is 59.6 Å². The van der Waals surface area contributed by atoms with Gasteiger partial charge in [-0.1, -0.05) is 54.1 Å². The average Bonchev–Trinajstić information content (AvgIpc) is 2.65. The van der Waals surface area contributed by atoms with Crippen molar-refractivity contribution < 1.29 is 13.6 Å². The SMILES string of the molecule is Cc1ccc(NC(=S)NP(=O)(Oc2ccccc2)Oc2ccccc2)cc1. The Morgan fingerprint density at radius 3 is 1.78 bits per heavy atom. The molecule has 0 spiro atoms. The molecule has 3 aromatic rings. The van der Waals surface area contributed by atoms with Gasteiger partial charge in [-0.15, -0.1) is 0 Å². The van der Waals surface area contributed by atoms with Crippen molar-refractivity contribution >= 4 is 30.8 Å². The number of para-hydroxylation sites is 2. The van der Waals surface area contributed by atoms with Crippen LogP contribution >= 0.6 is 20.0 Å². The highest BCUT2D eigenvalue weighted by atomic mass is 32.1. The van der Waals surface area contributed by atoms with Crippen LogP contribution < -0.4 is 19.5 Å². The first-order valence-electron chi connectivity index (χ1n) is 8.28. The van der Waals surface area contributed by atoms with E-state index < -0.39 is 7.75 Å². The average molecular weight is 398 g/mol. The first-order valence-corrected chi connectivity index (χ1v) is 10.2. The summed E-state index contributed by atoms with van der Waals surface area (Å²) >= 11 is 5.30. The largest absolute Gasteiger partial charge is 0.543 e. The van der Waals surface area contributed by atoms with E-state index >= 15 is 0 Å². The molecule has 0 aliphatic carbocycles. The van der Waals surface area contributed by atoms with Gasteiger partial charge in [-0.2, -0.15) is 0 Å². The van der Waals surface area contributed by atoms with Gasteiger partial charge in [0, 0.05) is 5.69 Å². The summed E-state index contributed by atoms with van der Waals surface area (Å²) in [7, 11) is -3.82. The molecule has 138 valence electrons. The molecule has 3 rings (SSSR count). The highest BCUT2D eigenvalue weighted by molar-refractivity contribution is 7.81. The molecule has 0 saturated carbocycles.